The first-order chi connectivity index (χ1) is 25.6. The maximum Gasteiger partial charge on any atom is 0.311 e. The summed E-state index contributed by atoms with van der Waals surface area (Å²) in [6.07, 6.45) is -9.66. The van der Waals surface area contributed by atoms with Gasteiger partial charge in [-0.15, -0.1) is 0 Å². The molecular weight excluding hydrogens is 718 g/mol. The Kier molecular flexibility index (Phi) is 17.8. The average molecular weight is 794 g/mol. The van der Waals surface area contributed by atoms with Crippen molar-refractivity contribution >= 4 is 5.97 Å². The van der Waals surface area contributed by atoms with Gasteiger partial charge in [0.15, 0.2) is 12.6 Å². The molecule has 3 rings (SSSR count). The van der Waals surface area contributed by atoms with Crippen LogP contribution < -0.4 is 5.32 Å². The second-order valence-corrected chi connectivity index (χ2v) is 17.1. The number of esters is 1. The van der Waals surface area contributed by atoms with E-state index in [0.29, 0.717) is 19.6 Å². The van der Waals surface area contributed by atoms with Crippen LogP contribution >= 0.6 is 0 Å². The van der Waals surface area contributed by atoms with Crippen molar-refractivity contribution < 1.29 is 68.2 Å². The quantitative estimate of drug-likeness (QED) is 0.124. The SMILES string of the molecule is CCOCCO[C@@H]1[C@H](C)[C@@H](O)[C@](C)(O)[C@@H](CC)OC(=O)[C@H](C)[C@@H](O[C@H]2C[C@@](C)(OC)[C@@H](O)[C@H](C)O2)[C@H](C)[C@@H](O[C@@H]2O[C@H](C)C[C@H](NC)[C@H]2O)[C@](C)(O)C[C@H]1C. The van der Waals surface area contributed by atoms with Crippen LogP contribution in [-0.2, 0) is 42.7 Å². The monoisotopic (exact) mass is 794 g/mol. The first-order valence-electron chi connectivity index (χ1n) is 20.3. The molecule has 324 valence electrons. The molecule has 0 aliphatic carbocycles. The Morgan fingerprint density at radius 2 is 1.53 bits per heavy atom. The number of nitrogens with one attached hydrogen (secondary N) is 1. The minimum Gasteiger partial charge on any atom is -0.459 e. The highest BCUT2D eigenvalue weighted by Gasteiger charge is 2.53. The average Bonchev–Trinajstić information content (AvgIpc) is 3.12. The van der Waals surface area contributed by atoms with Crippen LogP contribution in [0.15, 0.2) is 0 Å². The lowest BCUT2D eigenvalue weighted by atomic mass is 9.73. The van der Waals surface area contributed by atoms with Crippen LogP contribution in [0, 0.1) is 23.7 Å². The topological polar surface area (TPSA) is 204 Å². The molecule has 0 aromatic rings. The Morgan fingerprint density at radius 1 is 0.873 bits per heavy atom. The third-order valence-corrected chi connectivity index (χ3v) is 12.5. The van der Waals surface area contributed by atoms with Crippen LogP contribution in [-0.4, -0.2) is 156 Å². The van der Waals surface area contributed by atoms with E-state index in [1.54, 1.807) is 55.5 Å². The molecule has 0 unspecified atom stereocenters. The van der Waals surface area contributed by atoms with Crippen molar-refractivity contribution in [1.82, 2.24) is 5.32 Å². The van der Waals surface area contributed by atoms with Crippen molar-refractivity contribution in [1.29, 1.82) is 0 Å². The van der Waals surface area contributed by atoms with Crippen molar-refractivity contribution in [3.05, 3.63) is 0 Å². The second-order valence-electron chi connectivity index (χ2n) is 17.1. The smallest absolute Gasteiger partial charge is 0.311 e. The normalized spacial score (nSPS) is 48.2. The molecule has 0 radical (unpaired) electrons. The number of aliphatic hydroxyl groups is 5. The number of carbonyl (C=O) groups is 1. The summed E-state index contributed by atoms with van der Waals surface area (Å²) < 4.78 is 49.4. The van der Waals surface area contributed by atoms with Gasteiger partial charge in [-0.1, -0.05) is 27.7 Å². The van der Waals surface area contributed by atoms with Crippen molar-refractivity contribution in [3.63, 3.8) is 0 Å². The Bertz CT molecular complexity index is 1180. The van der Waals surface area contributed by atoms with Gasteiger partial charge in [0.05, 0.1) is 67.0 Å². The van der Waals surface area contributed by atoms with E-state index in [1.165, 1.54) is 14.0 Å². The zero-order valence-corrected chi connectivity index (χ0v) is 35.6. The Hall–Kier alpha value is -1.05. The molecule has 0 amide bonds. The molecular formula is C40H75NO14. The van der Waals surface area contributed by atoms with Crippen LogP contribution in [0.25, 0.3) is 0 Å². The van der Waals surface area contributed by atoms with E-state index in [2.05, 4.69) is 5.32 Å². The Balaban J connectivity index is 2.20. The lowest BCUT2D eigenvalue weighted by Gasteiger charge is -2.49. The highest BCUT2D eigenvalue weighted by molar-refractivity contribution is 5.73. The number of methoxy groups -OCH3 is 1. The number of rotatable bonds is 12. The number of aliphatic hydroxyl groups excluding tert-OH is 3. The van der Waals surface area contributed by atoms with E-state index in [0.717, 1.165) is 0 Å². The summed E-state index contributed by atoms with van der Waals surface area (Å²) in [6, 6.07) is -0.355. The molecule has 0 saturated carbocycles. The number of ether oxygens (including phenoxy) is 8. The molecule has 19 atom stereocenters. The third kappa shape index (κ3) is 11.4. The van der Waals surface area contributed by atoms with Gasteiger partial charge < -0.3 is 68.7 Å². The fourth-order valence-corrected chi connectivity index (χ4v) is 9.08. The molecule has 3 aliphatic rings. The molecule has 15 nitrogen and oxygen atoms in total. The highest BCUT2D eigenvalue weighted by Crippen LogP contribution is 2.41. The second kappa shape index (κ2) is 20.3. The molecule has 55 heavy (non-hydrogen) atoms. The zero-order chi connectivity index (χ0) is 41.6. The molecule has 0 aromatic heterocycles. The van der Waals surface area contributed by atoms with Gasteiger partial charge in [0.2, 0.25) is 0 Å². The van der Waals surface area contributed by atoms with Crippen LogP contribution in [0.5, 0.6) is 0 Å². The van der Waals surface area contributed by atoms with Gasteiger partial charge in [-0.25, -0.2) is 0 Å². The molecule has 3 fully saturated rings. The van der Waals surface area contributed by atoms with Gasteiger partial charge in [-0.2, -0.15) is 0 Å². The zero-order valence-electron chi connectivity index (χ0n) is 35.6. The van der Waals surface area contributed by atoms with Crippen molar-refractivity contribution in [2.24, 2.45) is 23.7 Å². The summed E-state index contributed by atoms with van der Waals surface area (Å²) in [4.78, 5) is 14.3. The molecule has 0 bridgehead atoms. The number of hydrogen-bond donors (Lipinski definition) is 6. The van der Waals surface area contributed by atoms with Crippen LogP contribution in [0.1, 0.15) is 102 Å². The summed E-state index contributed by atoms with van der Waals surface area (Å²) in [5.74, 6) is -3.68. The summed E-state index contributed by atoms with van der Waals surface area (Å²) >= 11 is 0. The minimum absolute atomic E-state index is 0.0714. The maximum absolute atomic E-state index is 14.3. The lowest BCUT2D eigenvalue weighted by molar-refractivity contribution is -0.316. The van der Waals surface area contributed by atoms with E-state index < -0.39 is 108 Å². The number of carbonyl (C=O) groups excluding carboxylic acids is 1. The van der Waals surface area contributed by atoms with Gasteiger partial charge in [-0.3, -0.25) is 4.79 Å². The van der Waals surface area contributed by atoms with Gasteiger partial charge in [0.1, 0.15) is 23.9 Å². The van der Waals surface area contributed by atoms with Gasteiger partial charge in [0, 0.05) is 38.0 Å². The summed E-state index contributed by atoms with van der Waals surface area (Å²) in [7, 11) is 3.25. The predicted octanol–water partition coefficient (Wildman–Crippen LogP) is 2.30. The molecule has 3 saturated heterocycles. The molecule has 3 heterocycles. The molecule has 3 aliphatic heterocycles. The van der Waals surface area contributed by atoms with Gasteiger partial charge in [-0.05, 0) is 80.7 Å². The summed E-state index contributed by atoms with van der Waals surface area (Å²) in [5.41, 5.74) is -4.62. The number of hydrogen-bond acceptors (Lipinski definition) is 15. The van der Waals surface area contributed by atoms with Gasteiger partial charge >= 0.3 is 5.97 Å². The highest BCUT2D eigenvalue weighted by atomic mass is 16.7. The van der Waals surface area contributed by atoms with E-state index in [9.17, 15) is 30.3 Å². The summed E-state index contributed by atoms with van der Waals surface area (Å²) in [5, 5.41) is 62.0. The lowest BCUT2D eigenvalue weighted by Crippen LogP contribution is -2.61. The van der Waals surface area contributed by atoms with E-state index in [1.807, 2.05) is 20.8 Å². The molecule has 15 heteroatoms. The number of cyclic esters (lactones) is 1. The largest absolute Gasteiger partial charge is 0.459 e. The van der Waals surface area contributed by atoms with Crippen molar-refractivity contribution in [3.8, 4) is 0 Å². The van der Waals surface area contributed by atoms with E-state index in [4.69, 9.17) is 37.9 Å². The standard InChI is InChI=1S/C40H75NO14/c1-14-28-40(11,47)33(43)23(5)31(50-17-16-49-15-2)21(3)19-38(9,46)35(55-37-30(42)27(41-12)18-22(4)51-37)24(6)32(25(7)36(45)53-28)54-29-20-39(10,48-13)34(44)26(8)52-29/h21-35,37,41-44,46-47H,14-20H2,1-13H3/t21-,22-,23+,24+,25-,26+,27+,28-,29+,30-,31+,32+,33-,34+,35-,37+,38-,39-,40-/m1/s1. The predicted molar refractivity (Wildman–Crippen MR) is 203 cm³/mol. The van der Waals surface area contributed by atoms with Crippen LogP contribution in [0.2, 0.25) is 0 Å². The molecule has 6 N–H and O–H groups in total. The maximum atomic E-state index is 14.3. The van der Waals surface area contributed by atoms with Crippen molar-refractivity contribution in [2.75, 3.05) is 34.0 Å². The van der Waals surface area contributed by atoms with E-state index >= 15 is 0 Å². The fourth-order valence-electron chi connectivity index (χ4n) is 9.08. The summed E-state index contributed by atoms with van der Waals surface area (Å²) in [6.45, 7) is 20.1. The Morgan fingerprint density at radius 3 is 2.11 bits per heavy atom. The first kappa shape index (κ1) is 48.3. The third-order valence-electron chi connectivity index (χ3n) is 12.5. The Labute approximate surface area is 329 Å². The van der Waals surface area contributed by atoms with Crippen molar-refractivity contribution in [2.45, 2.75) is 192 Å². The molecule has 0 aromatic carbocycles. The van der Waals surface area contributed by atoms with Crippen LogP contribution in [0.3, 0.4) is 0 Å². The molecule has 0 spiro atoms. The minimum atomic E-state index is -1.89. The first-order valence-corrected chi connectivity index (χ1v) is 20.3. The number of likely N-dealkylation sites (N-methyl/N-ethyl adjacent to an activating group) is 1. The van der Waals surface area contributed by atoms with Crippen LogP contribution in [0.4, 0.5) is 0 Å². The fraction of sp³-hybridized carbons (Fsp3) is 0.975. The van der Waals surface area contributed by atoms with E-state index in [-0.39, 0.29) is 38.0 Å². The van der Waals surface area contributed by atoms with Gasteiger partial charge in [0.25, 0.3) is 0 Å².